The molecule has 0 aliphatic carbocycles. The lowest BCUT2D eigenvalue weighted by Crippen LogP contribution is -3.08. The molecule has 0 spiro atoms. The van der Waals surface area contributed by atoms with Crippen LogP contribution in [0, 0.1) is 5.82 Å². The van der Waals surface area contributed by atoms with E-state index < -0.39 is 5.82 Å². The van der Waals surface area contributed by atoms with E-state index in [4.69, 9.17) is 27.9 Å². The molecule has 24 heavy (non-hydrogen) atoms. The monoisotopic (exact) mass is 371 g/mol. The van der Waals surface area contributed by atoms with Gasteiger partial charge >= 0.3 is 0 Å². The average molecular weight is 372 g/mol. The van der Waals surface area contributed by atoms with Gasteiger partial charge in [-0.1, -0.05) is 23.2 Å². The van der Waals surface area contributed by atoms with Crippen molar-refractivity contribution in [3.8, 4) is 5.75 Å². The average Bonchev–Trinajstić information content (AvgIpc) is 2.51. The van der Waals surface area contributed by atoms with Crippen molar-refractivity contribution in [2.45, 2.75) is 6.54 Å². The lowest BCUT2D eigenvalue weighted by atomic mass is 10.2. The molecule has 0 aliphatic rings. The number of nitrogens with one attached hydrogen (secondary N) is 2. The summed E-state index contributed by atoms with van der Waals surface area (Å²) in [5.41, 5.74) is 0.963. The van der Waals surface area contributed by atoms with Crippen LogP contribution in [0.25, 0.3) is 0 Å². The lowest BCUT2D eigenvalue weighted by Gasteiger charge is -2.16. The number of quaternary nitrogens is 1. The summed E-state index contributed by atoms with van der Waals surface area (Å²) in [6.45, 7) is 0.691. The van der Waals surface area contributed by atoms with Crippen LogP contribution in [0.3, 0.4) is 0 Å². The first-order chi connectivity index (χ1) is 11.4. The largest absolute Gasteiger partial charge is 0.496 e. The molecule has 4 nitrogen and oxygen atoms in total. The first-order valence-electron chi connectivity index (χ1n) is 7.27. The van der Waals surface area contributed by atoms with Gasteiger partial charge in [0.25, 0.3) is 5.91 Å². The van der Waals surface area contributed by atoms with Crippen molar-refractivity contribution in [1.82, 2.24) is 0 Å². The molecular formula is C17H18Cl2FN2O2+. The summed E-state index contributed by atoms with van der Waals surface area (Å²) in [6.07, 6.45) is 0. The van der Waals surface area contributed by atoms with Gasteiger partial charge in [-0.05, 0) is 36.4 Å². The molecule has 0 fully saturated rings. The fourth-order valence-corrected chi connectivity index (χ4v) is 2.70. The highest BCUT2D eigenvalue weighted by Crippen LogP contribution is 2.22. The number of carbonyl (C=O) groups is 1. The SMILES string of the molecule is COc1ccc(Cl)cc1C[NH+](C)CC(=O)Nc1cc(Cl)ccc1F. The third-order valence-corrected chi connectivity index (χ3v) is 3.87. The van der Waals surface area contributed by atoms with Gasteiger partial charge in [0.15, 0.2) is 6.54 Å². The summed E-state index contributed by atoms with van der Waals surface area (Å²) in [7, 11) is 3.44. The Hall–Kier alpha value is -1.82. The number of halogens is 3. The molecule has 128 valence electrons. The third kappa shape index (κ3) is 5.09. The van der Waals surface area contributed by atoms with Crippen molar-refractivity contribution in [2.75, 3.05) is 26.0 Å². The van der Waals surface area contributed by atoms with Gasteiger partial charge in [0.1, 0.15) is 18.1 Å². The quantitative estimate of drug-likeness (QED) is 0.819. The second-order valence-corrected chi connectivity index (χ2v) is 6.31. The Bertz CT molecular complexity index is 741. The molecule has 1 unspecified atom stereocenters. The Labute approximate surface area is 150 Å². The molecule has 1 amide bonds. The van der Waals surface area contributed by atoms with Gasteiger partial charge in [-0.25, -0.2) is 4.39 Å². The van der Waals surface area contributed by atoms with Crippen molar-refractivity contribution in [2.24, 2.45) is 0 Å². The van der Waals surface area contributed by atoms with Crippen molar-refractivity contribution in [3.05, 3.63) is 57.8 Å². The number of anilines is 1. The van der Waals surface area contributed by atoms with E-state index >= 15 is 0 Å². The molecule has 0 aromatic heterocycles. The van der Waals surface area contributed by atoms with E-state index in [-0.39, 0.29) is 18.1 Å². The molecule has 0 radical (unpaired) electrons. The zero-order valence-electron chi connectivity index (χ0n) is 13.3. The minimum atomic E-state index is -0.526. The molecule has 2 aromatic carbocycles. The number of hydrogen-bond donors (Lipinski definition) is 2. The van der Waals surface area contributed by atoms with Crippen molar-refractivity contribution < 1.29 is 18.8 Å². The number of hydrogen-bond acceptors (Lipinski definition) is 2. The number of rotatable bonds is 6. The molecule has 2 N–H and O–H groups in total. The highest BCUT2D eigenvalue weighted by molar-refractivity contribution is 6.31. The molecule has 2 aromatic rings. The number of carbonyl (C=O) groups excluding carboxylic acids is 1. The molecule has 0 saturated carbocycles. The first-order valence-corrected chi connectivity index (χ1v) is 8.03. The fraction of sp³-hybridized carbons (Fsp3) is 0.235. The molecular weight excluding hydrogens is 354 g/mol. The van der Waals surface area contributed by atoms with Crippen LogP contribution in [-0.2, 0) is 11.3 Å². The van der Waals surface area contributed by atoms with Crippen LogP contribution in [0.4, 0.5) is 10.1 Å². The smallest absolute Gasteiger partial charge is 0.279 e. The van der Waals surface area contributed by atoms with Crippen LogP contribution in [0.1, 0.15) is 5.56 Å². The van der Waals surface area contributed by atoms with E-state index in [9.17, 15) is 9.18 Å². The van der Waals surface area contributed by atoms with Crippen LogP contribution in [0.15, 0.2) is 36.4 Å². The van der Waals surface area contributed by atoms with Gasteiger partial charge in [0.05, 0.1) is 19.8 Å². The predicted molar refractivity (Wildman–Crippen MR) is 93.5 cm³/mol. The van der Waals surface area contributed by atoms with E-state index in [2.05, 4.69) is 5.32 Å². The van der Waals surface area contributed by atoms with Crippen LogP contribution >= 0.6 is 23.2 Å². The fourth-order valence-electron chi connectivity index (χ4n) is 2.33. The van der Waals surface area contributed by atoms with Crippen LogP contribution in [0.2, 0.25) is 10.0 Å². The van der Waals surface area contributed by atoms with Gasteiger partial charge in [-0.3, -0.25) is 4.79 Å². The minimum Gasteiger partial charge on any atom is -0.496 e. The molecule has 1 atom stereocenters. The van der Waals surface area contributed by atoms with Gasteiger partial charge in [0.2, 0.25) is 0 Å². The van der Waals surface area contributed by atoms with E-state index in [0.717, 1.165) is 10.5 Å². The number of likely N-dealkylation sites (N-methyl/N-ethyl adjacent to an activating group) is 1. The second-order valence-electron chi connectivity index (χ2n) is 5.44. The Balaban J connectivity index is 1.99. The molecule has 0 heterocycles. The Morgan fingerprint density at radius 3 is 2.58 bits per heavy atom. The van der Waals surface area contributed by atoms with E-state index in [1.165, 1.54) is 18.2 Å². The summed E-state index contributed by atoms with van der Waals surface area (Å²) in [5.74, 6) is -0.128. The minimum absolute atomic E-state index is 0.0700. The second kappa shape index (κ2) is 8.33. The number of ether oxygens (including phenoxy) is 1. The normalized spacial score (nSPS) is 11.9. The first kappa shape index (κ1) is 18.5. The Morgan fingerprint density at radius 2 is 1.88 bits per heavy atom. The standard InChI is InChI=1S/C17H17Cl2FN2O2/c1-22(9-11-7-12(18)4-6-16(11)24-2)10-17(23)21-15-8-13(19)3-5-14(15)20/h3-8H,9-10H2,1-2H3,(H,21,23)/p+1. The molecule has 0 aliphatic heterocycles. The van der Waals surface area contributed by atoms with Crippen LogP contribution in [-0.4, -0.2) is 26.6 Å². The summed E-state index contributed by atoms with van der Waals surface area (Å²) in [4.78, 5) is 13.0. The van der Waals surface area contributed by atoms with Gasteiger partial charge < -0.3 is 15.0 Å². The summed E-state index contributed by atoms with van der Waals surface area (Å²) >= 11 is 11.8. The van der Waals surface area contributed by atoms with Gasteiger partial charge in [0, 0.05) is 15.6 Å². The highest BCUT2D eigenvalue weighted by atomic mass is 35.5. The molecule has 7 heteroatoms. The maximum absolute atomic E-state index is 13.6. The molecule has 2 rings (SSSR count). The summed E-state index contributed by atoms with van der Waals surface area (Å²) in [6, 6.07) is 9.35. The summed E-state index contributed by atoms with van der Waals surface area (Å²) < 4.78 is 18.9. The van der Waals surface area contributed by atoms with E-state index in [1.54, 1.807) is 25.3 Å². The zero-order chi connectivity index (χ0) is 17.7. The Kier molecular flexibility index (Phi) is 6.43. The number of amides is 1. The molecule has 0 saturated heterocycles. The predicted octanol–water partition coefficient (Wildman–Crippen LogP) is 2.79. The van der Waals surface area contributed by atoms with Gasteiger partial charge in [-0.15, -0.1) is 0 Å². The van der Waals surface area contributed by atoms with E-state index in [0.29, 0.717) is 22.3 Å². The van der Waals surface area contributed by atoms with Crippen LogP contribution in [0.5, 0.6) is 5.75 Å². The lowest BCUT2D eigenvalue weighted by molar-refractivity contribution is -0.885. The topological polar surface area (TPSA) is 42.8 Å². The maximum Gasteiger partial charge on any atom is 0.279 e. The van der Waals surface area contributed by atoms with E-state index in [1.807, 2.05) is 7.05 Å². The summed E-state index contributed by atoms with van der Waals surface area (Å²) in [5, 5.41) is 3.49. The van der Waals surface area contributed by atoms with Crippen molar-refractivity contribution in [1.29, 1.82) is 0 Å². The Morgan fingerprint density at radius 1 is 1.21 bits per heavy atom. The zero-order valence-corrected chi connectivity index (χ0v) is 14.8. The van der Waals surface area contributed by atoms with Crippen molar-refractivity contribution in [3.63, 3.8) is 0 Å². The number of methoxy groups -OCH3 is 1. The van der Waals surface area contributed by atoms with Crippen LogP contribution < -0.4 is 15.0 Å². The van der Waals surface area contributed by atoms with Crippen molar-refractivity contribution >= 4 is 34.8 Å². The maximum atomic E-state index is 13.6. The molecule has 0 bridgehead atoms. The highest BCUT2D eigenvalue weighted by Gasteiger charge is 2.15. The number of benzene rings is 2. The van der Waals surface area contributed by atoms with Gasteiger partial charge in [-0.2, -0.15) is 0 Å². The third-order valence-electron chi connectivity index (χ3n) is 3.40.